The van der Waals surface area contributed by atoms with Crippen molar-refractivity contribution < 1.29 is 9.59 Å². The molecule has 0 aromatic carbocycles. The minimum Gasteiger partial charge on any atom is -0.368 e. The molecule has 0 spiro atoms. The molecular weight excluding hydrogens is 146 g/mol. The van der Waals surface area contributed by atoms with Gasteiger partial charge in [0.25, 0.3) is 0 Å². The van der Waals surface area contributed by atoms with Gasteiger partial charge >= 0.3 is 0 Å². The molecule has 1 heterocycles. The lowest BCUT2D eigenvalue weighted by Crippen LogP contribution is -1.38. The maximum absolute atomic E-state index is 8.35. The van der Waals surface area contributed by atoms with Gasteiger partial charge in [-0.3, -0.25) is 0 Å². The Balaban J connectivity index is 0. The summed E-state index contributed by atoms with van der Waals surface area (Å²) in [6.07, 6.45) is 5.25. The molecule has 0 saturated carbocycles. The Labute approximate surface area is 63.1 Å². The highest BCUT2D eigenvalue weighted by Crippen LogP contribution is 1.72. The molecule has 11 heavy (non-hydrogen) atoms. The number of hydrogen-bond donors (Lipinski definition) is 3. The SMILES string of the molecule is N=C=O.N=C=O.c1cc[nH]c1. The number of H-pyrrole nitrogens is 1. The van der Waals surface area contributed by atoms with E-state index in [0.29, 0.717) is 0 Å². The average molecular weight is 153 g/mol. The summed E-state index contributed by atoms with van der Waals surface area (Å²) >= 11 is 0. The number of aromatic amines is 1. The fraction of sp³-hybridized carbons (Fsp3) is 0. The molecule has 0 atom stereocenters. The summed E-state index contributed by atoms with van der Waals surface area (Å²) in [6, 6.07) is 3.89. The van der Waals surface area contributed by atoms with Crippen molar-refractivity contribution in [2.24, 2.45) is 0 Å². The fourth-order valence-corrected chi connectivity index (χ4v) is 0.278. The van der Waals surface area contributed by atoms with Crippen LogP contribution >= 0.6 is 0 Å². The first-order valence-corrected chi connectivity index (χ1v) is 2.49. The maximum Gasteiger partial charge on any atom is 0.231 e. The normalized spacial score (nSPS) is 5.09. The standard InChI is InChI=1S/C4H5N.2CHNO/c1-2-4-5-3-1;2*2-1-3/h1-5H;2*2H. The van der Waals surface area contributed by atoms with Crippen molar-refractivity contribution in [1.29, 1.82) is 10.8 Å². The highest BCUT2D eigenvalue weighted by Gasteiger charge is 1.55. The average Bonchev–Trinajstić information content (AvgIpc) is 2.44. The molecule has 1 rings (SSSR count). The third-order valence-corrected chi connectivity index (χ3v) is 0.496. The molecule has 5 heteroatoms. The van der Waals surface area contributed by atoms with Crippen LogP contribution in [0, 0.1) is 10.8 Å². The lowest BCUT2D eigenvalue weighted by molar-refractivity contribution is 0.562. The molecule has 0 unspecified atom stereocenters. The van der Waals surface area contributed by atoms with Crippen LogP contribution in [-0.2, 0) is 9.59 Å². The Bertz CT molecular complexity index is 177. The van der Waals surface area contributed by atoms with Gasteiger partial charge < -0.3 is 4.98 Å². The van der Waals surface area contributed by atoms with Crippen molar-refractivity contribution in [3.63, 3.8) is 0 Å². The lowest BCUT2D eigenvalue weighted by Gasteiger charge is -1.49. The zero-order valence-corrected chi connectivity index (χ0v) is 5.63. The van der Waals surface area contributed by atoms with E-state index in [-0.39, 0.29) is 0 Å². The van der Waals surface area contributed by atoms with Crippen LogP contribution < -0.4 is 0 Å². The zero-order valence-electron chi connectivity index (χ0n) is 5.63. The Morgan fingerprint density at radius 3 is 1.36 bits per heavy atom. The highest BCUT2D eigenvalue weighted by molar-refractivity contribution is 5.26. The summed E-state index contributed by atoms with van der Waals surface area (Å²) in [7, 11) is 0. The van der Waals surface area contributed by atoms with E-state index in [1.165, 1.54) is 0 Å². The minimum atomic E-state index is 0.750. The van der Waals surface area contributed by atoms with Gasteiger partial charge in [-0.2, -0.15) is 0 Å². The smallest absolute Gasteiger partial charge is 0.231 e. The lowest BCUT2D eigenvalue weighted by atomic mass is 10.7. The molecule has 0 fully saturated rings. The monoisotopic (exact) mass is 153 g/mol. The molecule has 1 aromatic rings. The summed E-state index contributed by atoms with van der Waals surface area (Å²) in [5.41, 5.74) is 0. The molecule has 5 nitrogen and oxygen atoms in total. The Kier molecular flexibility index (Phi) is 16.8. The van der Waals surface area contributed by atoms with Crippen LogP contribution in [0.15, 0.2) is 24.5 Å². The Morgan fingerprint density at radius 1 is 1.00 bits per heavy atom. The van der Waals surface area contributed by atoms with Crippen LogP contribution in [0.3, 0.4) is 0 Å². The fourth-order valence-electron chi connectivity index (χ4n) is 0.278. The van der Waals surface area contributed by atoms with E-state index < -0.39 is 0 Å². The summed E-state index contributed by atoms with van der Waals surface area (Å²) < 4.78 is 0. The van der Waals surface area contributed by atoms with E-state index in [2.05, 4.69) is 4.98 Å². The molecular formula is C6H7N3O2. The zero-order chi connectivity index (χ0) is 8.95. The van der Waals surface area contributed by atoms with Crippen molar-refractivity contribution in [1.82, 2.24) is 4.98 Å². The molecule has 0 aliphatic rings. The second-order valence-corrected chi connectivity index (χ2v) is 1.09. The van der Waals surface area contributed by atoms with E-state index in [1.807, 2.05) is 24.5 Å². The van der Waals surface area contributed by atoms with Gasteiger partial charge in [-0.15, -0.1) is 0 Å². The van der Waals surface area contributed by atoms with Gasteiger partial charge in [-0.05, 0) is 12.1 Å². The predicted octanol–water partition coefficient (Wildman–Crippen LogP) is 0.817. The second kappa shape index (κ2) is 15.7. The van der Waals surface area contributed by atoms with E-state index in [1.54, 1.807) is 0 Å². The molecule has 0 bridgehead atoms. The molecule has 0 amide bonds. The number of rotatable bonds is 0. The van der Waals surface area contributed by atoms with E-state index in [0.717, 1.165) is 12.2 Å². The van der Waals surface area contributed by atoms with Gasteiger partial charge in [-0.25, -0.2) is 20.4 Å². The summed E-state index contributed by atoms with van der Waals surface area (Å²) in [4.78, 5) is 19.6. The van der Waals surface area contributed by atoms with Crippen molar-refractivity contribution in [3.05, 3.63) is 24.5 Å². The molecule has 0 aliphatic heterocycles. The van der Waals surface area contributed by atoms with Crippen molar-refractivity contribution >= 4 is 12.2 Å². The molecule has 3 N–H and O–H groups in total. The van der Waals surface area contributed by atoms with Gasteiger partial charge in [0.1, 0.15) is 0 Å². The first-order valence-electron chi connectivity index (χ1n) is 2.49. The third kappa shape index (κ3) is 31.7. The van der Waals surface area contributed by atoms with Crippen LogP contribution in [0.25, 0.3) is 0 Å². The number of nitrogens with one attached hydrogen (secondary N) is 3. The summed E-state index contributed by atoms with van der Waals surface area (Å²) in [6.45, 7) is 0. The summed E-state index contributed by atoms with van der Waals surface area (Å²) in [5.74, 6) is 0. The molecule has 58 valence electrons. The number of carbonyl (C=O) groups excluding carboxylic acids is 2. The molecule has 0 radical (unpaired) electrons. The molecule has 0 saturated heterocycles. The molecule has 0 aliphatic carbocycles. The number of hydrogen-bond acceptors (Lipinski definition) is 4. The van der Waals surface area contributed by atoms with Crippen LogP contribution in [0.5, 0.6) is 0 Å². The van der Waals surface area contributed by atoms with E-state index in [4.69, 9.17) is 20.4 Å². The van der Waals surface area contributed by atoms with Crippen LogP contribution in [0.1, 0.15) is 0 Å². The largest absolute Gasteiger partial charge is 0.368 e. The van der Waals surface area contributed by atoms with Crippen LogP contribution in [-0.4, -0.2) is 17.1 Å². The topological polar surface area (TPSA) is 97.6 Å². The van der Waals surface area contributed by atoms with E-state index >= 15 is 0 Å². The summed E-state index contributed by atoms with van der Waals surface area (Å²) in [5, 5.41) is 10.8. The quantitative estimate of drug-likeness (QED) is 0.379. The van der Waals surface area contributed by atoms with Gasteiger partial charge in [-0.1, -0.05) is 0 Å². The first kappa shape index (κ1) is 11.8. The Hall–Kier alpha value is -1.96. The number of isocyanates is 2. The number of aromatic nitrogens is 1. The van der Waals surface area contributed by atoms with Gasteiger partial charge in [0.2, 0.25) is 12.2 Å². The van der Waals surface area contributed by atoms with Crippen molar-refractivity contribution in [3.8, 4) is 0 Å². The third-order valence-electron chi connectivity index (χ3n) is 0.496. The van der Waals surface area contributed by atoms with Crippen LogP contribution in [0.2, 0.25) is 0 Å². The first-order chi connectivity index (χ1) is 5.33. The second-order valence-electron chi connectivity index (χ2n) is 1.09. The maximum atomic E-state index is 8.35. The molecule has 1 aromatic heterocycles. The van der Waals surface area contributed by atoms with Gasteiger partial charge in [0.05, 0.1) is 0 Å². The van der Waals surface area contributed by atoms with Crippen LogP contribution in [0.4, 0.5) is 0 Å². The van der Waals surface area contributed by atoms with Crippen molar-refractivity contribution in [2.45, 2.75) is 0 Å². The van der Waals surface area contributed by atoms with Gasteiger partial charge in [0.15, 0.2) is 0 Å². The van der Waals surface area contributed by atoms with Gasteiger partial charge in [0, 0.05) is 12.4 Å². The predicted molar refractivity (Wildman–Crippen MR) is 37.6 cm³/mol. The van der Waals surface area contributed by atoms with E-state index in [9.17, 15) is 0 Å². The van der Waals surface area contributed by atoms with Crippen molar-refractivity contribution in [2.75, 3.05) is 0 Å². The Morgan fingerprint density at radius 2 is 1.27 bits per heavy atom. The minimum absolute atomic E-state index is 0.750. The highest BCUT2D eigenvalue weighted by atomic mass is 16.1.